The molecule has 2 N–H and O–H groups in total. The van der Waals surface area contributed by atoms with Gasteiger partial charge in [-0.25, -0.2) is 14.4 Å². The third-order valence-electron chi connectivity index (χ3n) is 3.33. The maximum absolute atomic E-state index is 13.5. The average molecular weight is 316 g/mol. The Hall–Kier alpha value is -2.04. The second-order valence-electron chi connectivity index (χ2n) is 5.32. The number of rotatable bonds is 3. The summed E-state index contributed by atoms with van der Waals surface area (Å²) in [6.45, 7) is 1.90. The number of para-hydroxylation sites is 1. The Bertz CT molecular complexity index is 833. The highest BCUT2D eigenvalue weighted by molar-refractivity contribution is 6.34. The van der Waals surface area contributed by atoms with Crippen molar-refractivity contribution in [3.05, 3.63) is 59.0 Å². The van der Waals surface area contributed by atoms with Crippen molar-refractivity contribution in [2.24, 2.45) is 5.73 Å². The van der Waals surface area contributed by atoms with Gasteiger partial charge in [0.25, 0.3) is 0 Å². The van der Waals surface area contributed by atoms with E-state index in [-0.39, 0.29) is 11.9 Å². The van der Waals surface area contributed by atoms with Crippen LogP contribution in [0.1, 0.15) is 12.6 Å². The van der Waals surface area contributed by atoms with E-state index < -0.39 is 0 Å². The van der Waals surface area contributed by atoms with Gasteiger partial charge in [0.1, 0.15) is 11.3 Å². The zero-order chi connectivity index (χ0) is 15.7. The van der Waals surface area contributed by atoms with Crippen molar-refractivity contribution in [3.8, 4) is 11.3 Å². The quantitative estimate of drug-likeness (QED) is 0.795. The number of nitrogens with two attached hydrogens (primary N) is 1. The summed E-state index contributed by atoms with van der Waals surface area (Å²) < 4.78 is 13.5. The van der Waals surface area contributed by atoms with Crippen LogP contribution in [0.4, 0.5) is 4.39 Å². The Kier molecular flexibility index (Phi) is 4.05. The number of hydrogen-bond donors (Lipinski definition) is 1. The molecule has 1 heterocycles. The molecule has 3 rings (SSSR count). The van der Waals surface area contributed by atoms with Crippen molar-refractivity contribution in [1.29, 1.82) is 0 Å². The van der Waals surface area contributed by atoms with E-state index in [4.69, 9.17) is 17.3 Å². The molecule has 2 aromatic carbocycles. The van der Waals surface area contributed by atoms with E-state index in [0.29, 0.717) is 33.7 Å². The molecule has 1 unspecified atom stereocenters. The molecule has 0 aliphatic carbocycles. The van der Waals surface area contributed by atoms with Crippen LogP contribution in [0, 0.1) is 5.82 Å². The maximum Gasteiger partial charge on any atom is 0.123 e. The second-order valence-corrected chi connectivity index (χ2v) is 5.73. The summed E-state index contributed by atoms with van der Waals surface area (Å²) in [5.41, 5.74) is 9.28. The Morgan fingerprint density at radius 3 is 2.68 bits per heavy atom. The van der Waals surface area contributed by atoms with Crippen LogP contribution in [-0.4, -0.2) is 16.0 Å². The summed E-state index contributed by atoms with van der Waals surface area (Å²) in [7, 11) is 0. The molecule has 0 aliphatic rings. The van der Waals surface area contributed by atoms with Crippen LogP contribution in [0.25, 0.3) is 22.3 Å². The molecule has 0 bridgehead atoms. The molecule has 0 saturated heterocycles. The Labute approximate surface area is 133 Å². The van der Waals surface area contributed by atoms with Crippen LogP contribution in [-0.2, 0) is 6.42 Å². The van der Waals surface area contributed by atoms with Gasteiger partial charge in [-0.15, -0.1) is 0 Å². The van der Waals surface area contributed by atoms with Gasteiger partial charge >= 0.3 is 0 Å². The summed E-state index contributed by atoms with van der Waals surface area (Å²) in [5, 5.41) is 0.543. The molecule has 0 saturated carbocycles. The van der Waals surface area contributed by atoms with Crippen molar-refractivity contribution in [3.63, 3.8) is 0 Å². The van der Waals surface area contributed by atoms with Crippen LogP contribution in [0.15, 0.2) is 42.5 Å². The average Bonchev–Trinajstić information content (AvgIpc) is 2.47. The van der Waals surface area contributed by atoms with Crippen LogP contribution in [0.2, 0.25) is 5.02 Å². The first-order valence-corrected chi connectivity index (χ1v) is 7.39. The van der Waals surface area contributed by atoms with Gasteiger partial charge in [-0.3, -0.25) is 0 Å². The van der Waals surface area contributed by atoms with E-state index in [2.05, 4.69) is 9.97 Å². The lowest BCUT2D eigenvalue weighted by Gasteiger charge is -2.12. The summed E-state index contributed by atoms with van der Waals surface area (Å²) >= 11 is 6.20. The lowest BCUT2D eigenvalue weighted by atomic mass is 10.0. The molecule has 112 valence electrons. The summed E-state index contributed by atoms with van der Waals surface area (Å²) in [6.07, 6.45) is 0.542. The standard InChI is InChI=1S/C17H15ClFN3/c1-10(20)8-15-16(11-4-2-5-12(19)9-11)21-14-7-3-6-13(18)17(14)22-15/h2-7,9-10H,8,20H2,1H3. The van der Waals surface area contributed by atoms with Crippen molar-refractivity contribution in [2.45, 2.75) is 19.4 Å². The van der Waals surface area contributed by atoms with Gasteiger partial charge in [-0.1, -0.05) is 29.8 Å². The number of halogens is 2. The van der Waals surface area contributed by atoms with Crippen LogP contribution in [0.5, 0.6) is 0 Å². The highest BCUT2D eigenvalue weighted by Gasteiger charge is 2.14. The molecule has 22 heavy (non-hydrogen) atoms. The van der Waals surface area contributed by atoms with E-state index >= 15 is 0 Å². The predicted molar refractivity (Wildman–Crippen MR) is 87.3 cm³/mol. The zero-order valence-corrected chi connectivity index (χ0v) is 12.8. The number of aromatic nitrogens is 2. The molecule has 0 amide bonds. The van der Waals surface area contributed by atoms with E-state index in [1.165, 1.54) is 12.1 Å². The Balaban J connectivity index is 2.26. The fraction of sp³-hybridized carbons (Fsp3) is 0.176. The summed E-state index contributed by atoms with van der Waals surface area (Å²) in [4.78, 5) is 9.26. The first-order chi connectivity index (χ1) is 10.5. The van der Waals surface area contributed by atoms with Crippen LogP contribution < -0.4 is 5.73 Å². The van der Waals surface area contributed by atoms with Gasteiger partial charge in [-0.2, -0.15) is 0 Å². The molecule has 3 aromatic rings. The molecule has 0 aliphatic heterocycles. The zero-order valence-electron chi connectivity index (χ0n) is 12.1. The van der Waals surface area contributed by atoms with Crippen molar-refractivity contribution in [2.75, 3.05) is 0 Å². The topological polar surface area (TPSA) is 51.8 Å². The van der Waals surface area contributed by atoms with Crippen molar-refractivity contribution >= 4 is 22.6 Å². The number of nitrogens with zero attached hydrogens (tertiary/aromatic N) is 2. The molecular weight excluding hydrogens is 301 g/mol. The minimum absolute atomic E-state index is 0.0819. The van der Waals surface area contributed by atoms with Crippen LogP contribution in [0.3, 0.4) is 0 Å². The van der Waals surface area contributed by atoms with Gasteiger partial charge < -0.3 is 5.73 Å². The number of benzene rings is 2. The summed E-state index contributed by atoms with van der Waals surface area (Å²) in [6, 6.07) is 11.7. The van der Waals surface area contributed by atoms with Gasteiger partial charge in [0.15, 0.2) is 0 Å². The Morgan fingerprint density at radius 2 is 1.95 bits per heavy atom. The molecule has 1 aromatic heterocycles. The lowest BCUT2D eigenvalue weighted by Crippen LogP contribution is -2.19. The SMILES string of the molecule is CC(N)Cc1nc2c(Cl)cccc2nc1-c1cccc(F)c1. The molecular formula is C17H15ClFN3. The lowest BCUT2D eigenvalue weighted by molar-refractivity contribution is 0.628. The third-order valence-corrected chi connectivity index (χ3v) is 3.64. The molecule has 0 fully saturated rings. The van der Waals surface area contributed by atoms with Crippen LogP contribution >= 0.6 is 11.6 Å². The maximum atomic E-state index is 13.5. The minimum Gasteiger partial charge on any atom is -0.328 e. The largest absolute Gasteiger partial charge is 0.328 e. The second kappa shape index (κ2) is 5.99. The molecule has 5 heteroatoms. The Morgan fingerprint density at radius 1 is 1.18 bits per heavy atom. The monoisotopic (exact) mass is 315 g/mol. The van der Waals surface area contributed by atoms with Gasteiger partial charge in [0.05, 0.1) is 21.9 Å². The third kappa shape index (κ3) is 2.93. The van der Waals surface area contributed by atoms with Crippen molar-refractivity contribution in [1.82, 2.24) is 9.97 Å². The van der Waals surface area contributed by atoms with Crippen molar-refractivity contribution < 1.29 is 4.39 Å². The molecule has 0 spiro atoms. The molecule has 0 radical (unpaired) electrons. The van der Waals surface area contributed by atoms with Gasteiger partial charge in [0, 0.05) is 18.0 Å². The number of hydrogen-bond acceptors (Lipinski definition) is 3. The smallest absolute Gasteiger partial charge is 0.123 e. The van der Waals surface area contributed by atoms with E-state index in [1.807, 2.05) is 25.1 Å². The summed E-state index contributed by atoms with van der Waals surface area (Å²) in [5.74, 6) is -0.308. The minimum atomic E-state index is -0.308. The normalized spacial score (nSPS) is 12.5. The first-order valence-electron chi connectivity index (χ1n) is 7.01. The fourth-order valence-corrected chi connectivity index (χ4v) is 2.60. The highest BCUT2D eigenvalue weighted by atomic mass is 35.5. The predicted octanol–water partition coefficient (Wildman–Crippen LogP) is 3.98. The van der Waals surface area contributed by atoms with E-state index in [0.717, 1.165) is 5.69 Å². The highest BCUT2D eigenvalue weighted by Crippen LogP contribution is 2.27. The van der Waals surface area contributed by atoms with E-state index in [9.17, 15) is 4.39 Å². The van der Waals surface area contributed by atoms with E-state index in [1.54, 1.807) is 12.1 Å². The number of fused-ring (bicyclic) bond motifs is 1. The molecule has 3 nitrogen and oxygen atoms in total. The van der Waals surface area contributed by atoms with Gasteiger partial charge in [-0.05, 0) is 31.2 Å². The molecule has 1 atom stereocenters. The fourth-order valence-electron chi connectivity index (χ4n) is 2.39. The first kappa shape index (κ1) is 14.9. The van der Waals surface area contributed by atoms with Gasteiger partial charge in [0.2, 0.25) is 0 Å².